The van der Waals surface area contributed by atoms with Crippen LogP contribution in [-0.4, -0.2) is 18.2 Å². The molecule has 0 saturated carbocycles. The van der Waals surface area contributed by atoms with Gasteiger partial charge in [-0.05, 0) is 36.2 Å². The maximum atomic E-state index is 11.4. The molecule has 98 valence electrons. The topological polar surface area (TPSA) is 51.3 Å². The Balaban J connectivity index is 2.03. The zero-order valence-electron chi connectivity index (χ0n) is 10.7. The van der Waals surface area contributed by atoms with Crippen molar-refractivity contribution in [3.05, 3.63) is 46.4 Å². The lowest BCUT2D eigenvalue weighted by atomic mass is 10.1. The fourth-order valence-corrected chi connectivity index (χ4v) is 2.11. The van der Waals surface area contributed by atoms with Gasteiger partial charge in [-0.1, -0.05) is 6.07 Å². The van der Waals surface area contributed by atoms with Crippen LogP contribution in [0.3, 0.4) is 0 Å². The minimum absolute atomic E-state index is 0.0573. The summed E-state index contributed by atoms with van der Waals surface area (Å²) in [6.07, 6.45) is 2.61. The van der Waals surface area contributed by atoms with Gasteiger partial charge in [0.2, 0.25) is 0 Å². The van der Waals surface area contributed by atoms with E-state index in [0.717, 1.165) is 29.0 Å². The molecule has 0 unspecified atom stereocenters. The summed E-state index contributed by atoms with van der Waals surface area (Å²) in [7, 11) is 0. The van der Waals surface area contributed by atoms with Gasteiger partial charge in [0, 0.05) is 18.2 Å². The molecule has 0 radical (unpaired) electrons. The van der Waals surface area contributed by atoms with Crippen molar-refractivity contribution in [1.82, 2.24) is 4.98 Å². The lowest BCUT2D eigenvalue weighted by Gasteiger charge is -2.09. The first-order valence-corrected chi connectivity index (χ1v) is 6.33. The van der Waals surface area contributed by atoms with Crippen LogP contribution in [0.15, 0.2) is 35.3 Å². The van der Waals surface area contributed by atoms with Crippen LogP contribution >= 0.6 is 0 Å². The lowest BCUT2D eigenvalue weighted by Crippen LogP contribution is -2.07. The van der Waals surface area contributed by atoms with Crippen LogP contribution in [0.1, 0.15) is 12.0 Å². The van der Waals surface area contributed by atoms with Crippen LogP contribution in [0.4, 0.5) is 0 Å². The van der Waals surface area contributed by atoms with E-state index in [-0.39, 0.29) is 5.56 Å². The van der Waals surface area contributed by atoms with Crippen LogP contribution in [-0.2, 0) is 0 Å². The highest BCUT2D eigenvalue weighted by atomic mass is 16.5. The molecule has 1 aromatic carbocycles. The monoisotopic (exact) mass is 257 g/mol. The van der Waals surface area contributed by atoms with Gasteiger partial charge in [0.15, 0.2) is 11.5 Å². The minimum atomic E-state index is -0.0573. The van der Waals surface area contributed by atoms with Crippen LogP contribution in [0.25, 0.3) is 11.1 Å². The fraction of sp³-hybridized carbons (Fsp3) is 0.267. The van der Waals surface area contributed by atoms with Gasteiger partial charge >= 0.3 is 0 Å². The first-order chi connectivity index (χ1) is 9.24. The van der Waals surface area contributed by atoms with E-state index >= 15 is 0 Å². The van der Waals surface area contributed by atoms with Gasteiger partial charge in [-0.25, -0.2) is 0 Å². The predicted molar refractivity (Wildman–Crippen MR) is 72.8 cm³/mol. The van der Waals surface area contributed by atoms with Gasteiger partial charge in [0.1, 0.15) is 0 Å². The molecule has 0 atom stereocenters. The van der Waals surface area contributed by atoms with Crippen LogP contribution in [0.2, 0.25) is 0 Å². The molecule has 2 aromatic rings. The first kappa shape index (κ1) is 11.8. The number of fused-ring (bicyclic) bond motifs is 1. The maximum absolute atomic E-state index is 11.4. The van der Waals surface area contributed by atoms with Gasteiger partial charge in [0.25, 0.3) is 5.56 Å². The second-order valence-electron chi connectivity index (χ2n) is 4.61. The number of aryl methyl sites for hydroxylation is 1. The summed E-state index contributed by atoms with van der Waals surface area (Å²) in [6.45, 7) is 3.15. The average molecular weight is 257 g/mol. The van der Waals surface area contributed by atoms with E-state index in [0.29, 0.717) is 18.8 Å². The Labute approximate surface area is 111 Å². The first-order valence-electron chi connectivity index (χ1n) is 6.33. The van der Waals surface area contributed by atoms with Crippen molar-refractivity contribution in [2.75, 3.05) is 13.2 Å². The minimum Gasteiger partial charge on any atom is -0.490 e. The standard InChI is InChI=1S/C15H15NO3/c1-10-7-12(9-16-15(10)17)11-3-4-13-14(8-11)19-6-2-5-18-13/h3-4,7-9H,2,5-6H2,1H3,(H,16,17). The smallest absolute Gasteiger partial charge is 0.250 e. The number of ether oxygens (including phenoxy) is 2. The Morgan fingerprint density at radius 1 is 1.05 bits per heavy atom. The van der Waals surface area contributed by atoms with Crippen LogP contribution < -0.4 is 15.0 Å². The third-order valence-corrected chi connectivity index (χ3v) is 3.17. The Morgan fingerprint density at radius 3 is 2.63 bits per heavy atom. The van der Waals surface area contributed by atoms with Crippen molar-refractivity contribution < 1.29 is 9.47 Å². The number of aromatic amines is 1. The number of hydrogen-bond donors (Lipinski definition) is 1. The number of H-pyrrole nitrogens is 1. The molecule has 4 nitrogen and oxygen atoms in total. The molecule has 19 heavy (non-hydrogen) atoms. The van der Waals surface area contributed by atoms with Gasteiger partial charge < -0.3 is 14.5 Å². The van der Waals surface area contributed by atoms with E-state index in [1.807, 2.05) is 24.3 Å². The number of nitrogens with one attached hydrogen (secondary N) is 1. The lowest BCUT2D eigenvalue weighted by molar-refractivity contribution is 0.297. The summed E-state index contributed by atoms with van der Waals surface area (Å²) >= 11 is 0. The molecule has 1 aliphatic rings. The molecule has 0 amide bonds. The molecule has 3 rings (SSSR count). The summed E-state index contributed by atoms with van der Waals surface area (Å²) in [5, 5.41) is 0. The third-order valence-electron chi connectivity index (χ3n) is 3.17. The highest BCUT2D eigenvalue weighted by Crippen LogP contribution is 2.33. The maximum Gasteiger partial charge on any atom is 0.250 e. The van der Waals surface area contributed by atoms with Crippen LogP contribution in [0, 0.1) is 6.92 Å². The predicted octanol–water partition coefficient (Wildman–Crippen LogP) is 2.51. The van der Waals surface area contributed by atoms with Gasteiger partial charge in [0.05, 0.1) is 13.2 Å². The quantitative estimate of drug-likeness (QED) is 0.854. The highest BCUT2D eigenvalue weighted by molar-refractivity contribution is 5.67. The zero-order valence-corrected chi connectivity index (χ0v) is 10.7. The molecule has 0 bridgehead atoms. The second-order valence-corrected chi connectivity index (χ2v) is 4.61. The van der Waals surface area contributed by atoms with Crippen molar-refractivity contribution in [3.8, 4) is 22.6 Å². The number of hydrogen-bond acceptors (Lipinski definition) is 3. The number of rotatable bonds is 1. The molecule has 1 aliphatic heterocycles. The van der Waals surface area contributed by atoms with Gasteiger partial charge in [-0.15, -0.1) is 0 Å². The van der Waals surface area contributed by atoms with Crippen molar-refractivity contribution in [2.24, 2.45) is 0 Å². The van der Waals surface area contributed by atoms with Crippen molar-refractivity contribution in [3.63, 3.8) is 0 Å². The second kappa shape index (κ2) is 4.80. The number of aromatic nitrogens is 1. The van der Waals surface area contributed by atoms with E-state index in [4.69, 9.17) is 9.47 Å². The molecular formula is C15H15NO3. The summed E-state index contributed by atoms with van der Waals surface area (Å²) in [6, 6.07) is 7.71. The Hall–Kier alpha value is -2.23. The molecule has 0 saturated heterocycles. The molecule has 1 N–H and O–H groups in total. The molecule has 0 fully saturated rings. The zero-order chi connectivity index (χ0) is 13.2. The normalized spacial score (nSPS) is 13.9. The molecule has 2 heterocycles. The Morgan fingerprint density at radius 2 is 1.84 bits per heavy atom. The fourth-order valence-electron chi connectivity index (χ4n) is 2.11. The Bertz CT molecular complexity index is 661. The van der Waals surface area contributed by atoms with Gasteiger partial charge in [-0.2, -0.15) is 0 Å². The average Bonchev–Trinajstić information content (AvgIpc) is 2.66. The third kappa shape index (κ3) is 2.34. The van der Waals surface area contributed by atoms with Crippen LogP contribution in [0.5, 0.6) is 11.5 Å². The summed E-state index contributed by atoms with van der Waals surface area (Å²) in [5.74, 6) is 1.54. The molecule has 4 heteroatoms. The molecule has 0 spiro atoms. The molecule has 0 aliphatic carbocycles. The van der Waals surface area contributed by atoms with Gasteiger partial charge in [-0.3, -0.25) is 4.79 Å². The SMILES string of the molecule is Cc1cc(-c2ccc3c(c2)OCCCO3)c[nH]c1=O. The largest absolute Gasteiger partial charge is 0.490 e. The Kier molecular flexibility index (Phi) is 2.99. The van der Waals surface area contributed by atoms with Crippen molar-refractivity contribution in [1.29, 1.82) is 0 Å². The summed E-state index contributed by atoms with van der Waals surface area (Å²) < 4.78 is 11.3. The summed E-state index contributed by atoms with van der Waals surface area (Å²) in [5.41, 5.74) is 2.61. The van der Waals surface area contributed by atoms with E-state index in [9.17, 15) is 4.79 Å². The van der Waals surface area contributed by atoms with Crippen molar-refractivity contribution in [2.45, 2.75) is 13.3 Å². The van der Waals surface area contributed by atoms with E-state index in [1.165, 1.54) is 0 Å². The highest BCUT2D eigenvalue weighted by Gasteiger charge is 2.11. The molecule has 1 aromatic heterocycles. The molecular weight excluding hydrogens is 242 g/mol. The van der Waals surface area contributed by atoms with Crippen molar-refractivity contribution >= 4 is 0 Å². The summed E-state index contributed by atoms with van der Waals surface area (Å²) in [4.78, 5) is 14.1. The number of pyridine rings is 1. The van der Waals surface area contributed by atoms with E-state index in [1.54, 1.807) is 13.1 Å². The van der Waals surface area contributed by atoms with E-state index in [2.05, 4.69) is 4.98 Å². The number of benzene rings is 1. The van der Waals surface area contributed by atoms with E-state index < -0.39 is 0 Å².